The number of anilines is 2. The van der Waals surface area contributed by atoms with Gasteiger partial charge in [0.15, 0.2) is 0 Å². The van der Waals surface area contributed by atoms with Crippen molar-refractivity contribution < 1.29 is 18.0 Å². The molecule has 2 aromatic carbocycles. The molecule has 1 atom stereocenters. The Kier molecular flexibility index (Phi) is 9.02. The van der Waals surface area contributed by atoms with Gasteiger partial charge in [0.25, 0.3) is 0 Å². The Morgan fingerprint density at radius 2 is 1.65 bits per heavy atom. The lowest BCUT2D eigenvalue weighted by Crippen LogP contribution is -2.45. The molecule has 0 saturated heterocycles. The zero-order valence-electron chi connectivity index (χ0n) is 18.1. The average Bonchev–Trinajstić information content (AvgIpc) is 2.73. The second-order valence-corrected chi connectivity index (χ2v) is 9.02. The summed E-state index contributed by atoms with van der Waals surface area (Å²) < 4.78 is 27.3. The number of para-hydroxylation sites is 1. The predicted molar refractivity (Wildman–Crippen MR) is 122 cm³/mol. The van der Waals surface area contributed by atoms with E-state index in [1.54, 1.807) is 0 Å². The van der Waals surface area contributed by atoms with Crippen LogP contribution in [0.25, 0.3) is 0 Å². The lowest BCUT2D eigenvalue weighted by molar-refractivity contribution is -0.122. The normalized spacial score (nSPS) is 12.1. The molecular formula is C22H30N4O4S. The first-order chi connectivity index (χ1) is 14.7. The zero-order valence-corrected chi connectivity index (χ0v) is 18.9. The van der Waals surface area contributed by atoms with Gasteiger partial charge in [-0.3, -0.25) is 9.59 Å². The molecule has 0 saturated carbocycles. The largest absolute Gasteiger partial charge is 0.375 e. The lowest BCUT2D eigenvalue weighted by atomic mass is 10.2. The summed E-state index contributed by atoms with van der Waals surface area (Å²) in [6.07, 6.45) is 1.68. The molecule has 168 valence electrons. The van der Waals surface area contributed by atoms with E-state index in [0.717, 1.165) is 25.1 Å². The number of rotatable bonds is 11. The fraction of sp³-hybridized carbons (Fsp3) is 0.364. The van der Waals surface area contributed by atoms with Crippen molar-refractivity contribution in [1.82, 2.24) is 10.0 Å². The molecule has 0 aliphatic rings. The molecular weight excluding hydrogens is 416 g/mol. The van der Waals surface area contributed by atoms with Gasteiger partial charge in [0.2, 0.25) is 21.8 Å². The molecule has 31 heavy (non-hydrogen) atoms. The van der Waals surface area contributed by atoms with Gasteiger partial charge in [-0.1, -0.05) is 18.2 Å². The van der Waals surface area contributed by atoms with Crippen molar-refractivity contribution in [1.29, 1.82) is 0 Å². The van der Waals surface area contributed by atoms with E-state index in [1.165, 1.54) is 38.1 Å². The second-order valence-electron chi connectivity index (χ2n) is 7.30. The monoisotopic (exact) mass is 446 g/mol. The maximum Gasteiger partial charge on any atom is 0.241 e. The predicted octanol–water partition coefficient (Wildman–Crippen LogP) is 2.34. The summed E-state index contributed by atoms with van der Waals surface area (Å²) in [4.78, 5) is 25.5. The first-order valence-corrected chi connectivity index (χ1v) is 11.6. The summed E-state index contributed by atoms with van der Waals surface area (Å²) >= 11 is 0. The van der Waals surface area contributed by atoms with E-state index in [9.17, 15) is 18.0 Å². The molecule has 2 rings (SSSR count). The number of nitrogens with one attached hydrogen (secondary N) is 3. The Labute approximate surface area is 184 Å². The maximum absolute atomic E-state index is 12.5. The number of sulfonamides is 1. The van der Waals surface area contributed by atoms with E-state index < -0.39 is 16.1 Å². The summed E-state index contributed by atoms with van der Waals surface area (Å²) in [6, 6.07) is 14.9. The number of amides is 2. The third-order valence-corrected chi connectivity index (χ3v) is 6.18. The molecule has 0 radical (unpaired) electrons. The fourth-order valence-corrected chi connectivity index (χ4v) is 4.13. The molecule has 0 unspecified atom stereocenters. The Morgan fingerprint density at radius 1 is 1.00 bits per heavy atom. The second kappa shape index (κ2) is 11.5. The summed E-state index contributed by atoms with van der Waals surface area (Å²) in [5.74, 6) is -0.624. The summed E-state index contributed by atoms with van der Waals surface area (Å²) in [5.41, 5.74) is 1.63. The number of nitrogens with zero attached hydrogens (tertiary/aromatic N) is 1. The molecule has 9 heteroatoms. The highest BCUT2D eigenvalue weighted by molar-refractivity contribution is 7.89. The van der Waals surface area contributed by atoms with Crippen molar-refractivity contribution in [2.24, 2.45) is 0 Å². The van der Waals surface area contributed by atoms with Crippen LogP contribution in [0.3, 0.4) is 0 Å². The highest BCUT2D eigenvalue weighted by atomic mass is 32.2. The number of carbonyl (C=O) groups excluding carboxylic acids is 2. The van der Waals surface area contributed by atoms with Gasteiger partial charge in [-0.25, -0.2) is 8.42 Å². The third-order valence-electron chi connectivity index (χ3n) is 4.63. The number of hydrogen-bond acceptors (Lipinski definition) is 5. The van der Waals surface area contributed by atoms with Crippen LogP contribution in [0.2, 0.25) is 0 Å². The van der Waals surface area contributed by atoms with Gasteiger partial charge in [-0.05, 0) is 56.2 Å². The molecule has 2 amide bonds. The molecule has 0 aliphatic heterocycles. The van der Waals surface area contributed by atoms with Gasteiger partial charge in [0.05, 0.1) is 10.9 Å². The minimum absolute atomic E-state index is 0.0187. The van der Waals surface area contributed by atoms with Crippen molar-refractivity contribution in [3.8, 4) is 0 Å². The molecule has 0 spiro atoms. The number of carbonyl (C=O) groups is 2. The minimum atomic E-state index is -3.86. The smallest absolute Gasteiger partial charge is 0.241 e. The number of benzene rings is 2. The van der Waals surface area contributed by atoms with Crippen LogP contribution in [0.1, 0.15) is 26.7 Å². The molecule has 0 bridgehead atoms. The van der Waals surface area contributed by atoms with E-state index >= 15 is 0 Å². The van der Waals surface area contributed by atoms with Gasteiger partial charge in [-0.15, -0.1) is 0 Å². The molecule has 0 heterocycles. The van der Waals surface area contributed by atoms with Crippen molar-refractivity contribution in [3.63, 3.8) is 0 Å². The average molecular weight is 447 g/mol. The van der Waals surface area contributed by atoms with Gasteiger partial charge < -0.3 is 15.5 Å². The molecule has 2 aromatic rings. The summed E-state index contributed by atoms with van der Waals surface area (Å²) in [5, 5.41) is 5.34. The van der Waals surface area contributed by atoms with E-state index in [4.69, 9.17) is 0 Å². The van der Waals surface area contributed by atoms with Crippen LogP contribution >= 0.6 is 0 Å². The van der Waals surface area contributed by atoms with Crippen LogP contribution in [0.4, 0.5) is 11.4 Å². The van der Waals surface area contributed by atoms with Crippen molar-refractivity contribution in [2.45, 2.75) is 37.6 Å². The van der Waals surface area contributed by atoms with Gasteiger partial charge in [0, 0.05) is 38.4 Å². The highest BCUT2D eigenvalue weighted by Crippen LogP contribution is 2.14. The van der Waals surface area contributed by atoms with Crippen LogP contribution in [-0.2, 0) is 19.6 Å². The van der Waals surface area contributed by atoms with Crippen LogP contribution < -0.4 is 20.3 Å². The van der Waals surface area contributed by atoms with Gasteiger partial charge in [-0.2, -0.15) is 4.72 Å². The minimum Gasteiger partial charge on any atom is -0.375 e. The van der Waals surface area contributed by atoms with Crippen molar-refractivity contribution in [2.75, 3.05) is 30.4 Å². The van der Waals surface area contributed by atoms with Crippen LogP contribution in [0.15, 0.2) is 59.5 Å². The van der Waals surface area contributed by atoms with E-state index in [-0.39, 0.29) is 16.7 Å². The highest BCUT2D eigenvalue weighted by Gasteiger charge is 2.21. The van der Waals surface area contributed by atoms with E-state index in [1.807, 2.05) is 37.4 Å². The van der Waals surface area contributed by atoms with E-state index in [0.29, 0.717) is 12.2 Å². The van der Waals surface area contributed by atoms with Crippen molar-refractivity contribution >= 4 is 33.2 Å². The lowest BCUT2D eigenvalue weighted by Gasteiger charge is -2.19. The van der Waals surface area contributed by atoms with Gasteiger partial charge >= 0.3 is 0 Å². The first-order valence-electron chi connectivity index (χ1n) is 10.1. The van der Waals surface area contributed by atoms with Gasteiger partial charge in [0.1, 0.15) is 0 Å². The molecule has 0 fully saturated rings. The Balaban J connectivity index is 1.75. The quantitative estimate of drug-likeness (QED) is 0.459. The third kappa shape index (κ3) is 8.03. The van der Waals surface area contributed by atoms with Crippen LogP contribution in [-0.4, -0.2) is 46.4 Å². The summed E-state index contributed by atoms with van der Waals surface area (Å²) in [7, 11) is -1.84. The molecule has 8 nitrogen and oxygen atoms in total. The zero-order chi connectivity index (χ0) is 22.9. The van der Waals surface area contributed by atoms with Crippen LogP contribution in [0, 0.1) is 0 Å². The molecule has 0 aromatic heterocycles. The van der Waals surface area contributed by atoms with Crippen LogP contribution in [0.5, 0.6) is 0 Å². The van der Waals surface area contributed by atoms with Crippen molar-refractivity contribution in [3.05, 3.63) is 54.6 Å². The summed E-state index contributed by atoms with van der Waals surface area (Å²) in [6.45, 7) is 4.20. The topological polar surface area (TPSA) is 108 Å². The Bertz CT molecular complexity index is 963. The van der Waals surface area contributed by atoms with E-state index in [2.05, 4.69) is 20.3 Å². The Hall–Kier alpha value is -2.91. The molecule has 0 aliphatic carbocycles. The first kappa shape index (κ1) is 24.4. The number of unbranched alkanes of at least 4 members (excludes halogenated alkanes) is 1. The molecule has 3 N–H and O–H groups in total. The SMILES string of the molecule is CC(=O)Nc1ccc(S(=O)(=O)N[C@@H](C)C(=O)NCCCCN(C)c2ccccc2)cc1. The maximum atomic E-state index is 12.5. The number of hydrogen-bond donors (Lipinski definition) is 3. The fourth-order valence-electron chi connectivity index (χ4n) is 2.93. The Morgan fingerprint density at radius 3 is 2.26 bits per heavy atom. The standard InChI is InChI=1S/C22H30N4O4S/c1-17(25-31(29,30)21-13-11-19(12-14-21)24-18(2)27)22(28)23-15-7-8-16-26(3)20-9-5-4-6-10-20/h4-6,9-14,17,25H,7-8,15-16H2,1-3H3,(H,23,28)(H,24,27)/t17-/m0/s1.